The molecule has 0 radical (unpaired) electrons. The standard InChI is InChI=1S/C17H16N4OS2/c1-8-9(2)23-16-13(8)15(22)20-14(21-16)10(3)24-17-18-11-6-4-5-7-12(11)19-17/h4-7,10H,1-3H3,(H,18,19)(H,20,21,22)/t10-/m0/s1. The number of benzene rings is 1. The van der Waals surface area contributed by atoms with Crippen LogP contribution in [-0.4, -0.2) is 19.9 Å². The van der Waals surface area contributed by atoms with E-state index in [1.165, 1.54) is 0 Å². The Labute approximate surface area is 146 Å². The van der Waals surface area contributed by atoms with E-state index in [1.807, 2.05) is 45.0 Å². The van der Waals surface area contributed by atoms with Crippen LogP contribution in [0.25, 0.3) is 21.3 Å². The second kappa shape index (κ2) is 5.75. The summed E-state index contributed by atoms with van der Waals surface area (Å²) in [5.41, 5.74) is 2.91. The number of fused-ring (bicyclic) bond motifs is 2. The summed E-state index contributed by atoms with van der Waals surface area (Å²) in [7, 11) is 0. The third-order valence-electron chi connectivity index (χ3n) is 4.10. The molecule has 122 valence electrons. The molecule has 1 aromatic carbocycles. The van der Waals surface area contributed by atoms with Crippen molar-refractivity contribution in [3.05, 3.63) is 50.9 Å². The summed E-state index contributed by atoms with van der Waals surface area (Å²) in [6.07, 6.45) is 0. The molecule has 24 heavy (non-hydrogen) atoms. The quantitative estimate of drug-likeness (QED) is 0.536. The largest absolute Gasteiger partial charge is 0.333 e. The number of H-pyrrole nitrogens is 2. The lowest BCUT2D eigenvalue weighted by molar-refractivity contribution is 0.916. The van der Waals surface area contributed by atoms with Crippen LogP contribution in [-0.2, 0) is 0 Å². The molecule has 0 bridgehead atoms. The third-order valence-corrected chi connectivity index (χ3v) is 6.19. The van der Waals surface area contributed by atoms with E-state index in [1.54, 1.807) is 23.1 Å². The number of rotatable bonds is 3. The average Bonchev–Trinajstić information content (AvgIpc) is 3.08. The normalized spacial score (nSPS) is 13.0. The van der Waals surface area contributed by atoms with Gasteiger partial charge in [-0.25, -0.2) is 9.97 Å². The number of hydrogen-bond acceptors (Lipinski definition) is 5. The Morgan fingerprint density at radius 3 is 2.75 bits per heavy atom. The van der Waals surface area contributed by atoms with Crippen molar-refractivity contribution in [2.24, 2.45) is 0 Å². The van der Waals surface area contributed by atoms with Crippen LogP contribution in [0.1, 0.15) is 28.4 Å². The third kappa shape index (κ3) is 2.53. The van der Waals surface area contributed by atoms with E-state index in [0.717, 1.165) is 31.5 Å². The molecule has 4 rings (SSSR count). The summed E-state index contributed by atoms with van der Waals surface area (Å²) in [6, 6.07) is 7.92. The first-order chi connectivity index (χ1) is 11.5. The molecule has 4 aromatic rings. The van der Waals surface area contributed by atoms with Crippen LogP contribution >= 0.6 is 23.1 Å². The summed E-state index contributed by atoms with van der Waals surface area (Å²) in [4.78, 5) is 29.8. The first kappa shape index (κ1) is 15.4. The van der Waals surface area contributed by atoms with Gasteiger partial charge in [0.25, 0.3) is 5.56 Å². The van der Waals surface area contributed by atoms with Crippen molar-refractivity contribution in [3.63, 3.8) is 0 Å². The van der Waals surface area contributed by atoms with Crippen molar-refractivity contribution in [1.29, 1.82) is 0 Å². The van der Waals surface area contributed by atoms with Crippen LogP contribution in [0.4, 0.5) is 0 Å². The summed E-state index contributed by atoms with van der Waals surface area (Å²) >= 11 is 3.13. The van der Waals surface area contributed by atoms with Gasteiger partial charge in [0.2, 0.25) is 0 Å². The number of aryl methyl sites for hydroxylation is 2. The topological polar surface area (TPSA) is 74.4 Å². The van der Waals surface area contributed by atoms with Crippen LogP contribution in [0.2, 0.25) is 0 Å². The number of aromatic amines is 2. The SMILES string of the molecule is Cc1sc2nc([C@H](C)Sc3nc4ccccc4[nH]3)[nH]c(=O)c2c1C. The van der Waals surface area contributed by atoms with Crippen LogP contribution in [0.15, 0.2) is 34.2 Å². The maximum atomic E-state index is 12.4. The first-order valence-electron chi connectivity index (χ1n) is 7.64. The van der Waals surface area contributed by atoms with Crippen molar-refractivity contribution in [1.82, 2.24) is 19.9 Å². The zero-order valence-electron chi connectivity index (χ0n) is 13.5. The van der Waals surface area contributed by atoms with Crippen LogP contribution in [0, 0.1) is 13.8 Å². The molecule has 0 aliphatic heterocycles. The number of thiophene rings is 1. The smallest absolute Gasteiger partial charge is 0.259 e. The minimum Gasteiger partial charge on any atom is -0.333 e. The zero-order chi connectivity index (χ0) is 16.8. The molecule has 0 amide bonds. The molecule has 1 atom stereocenters. The maximum absolute atomic E-state index is 12.4. The fourth-order valence-electron chi connectivity index (χ4n) is 2.67. The molecule has 7 heteroatoms. The number of hydrogen-bond donors (Lipinski definition) is 2. The average molecular weight is 356 g/mol. The summed E-state index contributed by atoms with van der Waals surface area (Å²) in [5, 5.41) is 1.53. The van der Waals surface area contributed by atoms with Gasteiger partial charge in [0.15, 0.2) is 5.16 Å². The Bertz CT molecular complexity index is 1080. The second-order valence-corrected chi connectivity index (χ2v) is 8.27. The molecule has 3 aromatic heterocycles. The highest BCUT2D eigenvalue weighted by atomic mass is 32.2. The van der Waals surface area contributed by atoms with Crippen molar-refractivity contribution in [2.75, 3.05) is 0 Å². The second-order valence-electron chi connectivity index (χ2n) is 5.73. The van der Waals surface area contributed by atoms with Gasteiger partial charge in [-0.1, -0.05) is 23.9 Å². The highest BCUT2D eigenvalue weighted by molar-refractivity contribution is 7.99. The van der Waals surface area contributed by atoms with Gasteiger partial charge in [0.1, 0.15) is 10.7 Å². The molecule has 0 saturated heterocycles. The fraction of sp³-hybridized carbons (Fsp3) is 0.235. The van der Waals surface area contributed by atoms with E-state index in [0.29, 0.717) is 11.2 Å². The summed E-state index contributed by atoms with van der Waals surface area (Å²) in [6.45, 7) is 6.01. The lowest BCUT2D eigenvalue weighted by atomic mass is 10.2. The number of nitrogens with zero attached hydrogens (tertiary/aromatic N) is 2. The van der Waals surface area contributed by atoms with Gasteiger partial charge in [0, 0.05) is 4.88 Å². The monoisotopic (exact) mass is 356 g/mol. The van der Waals surface area contributed by atoms with E-state index in [2.05, 4.69) is 19.9 Å². The van der Waals surface area contributed by atoms with E-state index >= 15 is 0 Å². The number of para-hydroxylation sites is 2. The van der Waals surface area contributed by atoms with Crippen molar-refractivity contribution >= 4 is 44.3 Å². The predicted molar refractivity (Wildman–Crippen MR) is 100 cm³/mol. The van der Waals surface area contributed by atoms with E-state index in [-0.39, 0.29) is 10.8 Å². The van der Waals surface area contributed by atoms with Gasteiger partial charge in [-0.2, -0.15) is 0 Å². The van der Waals surface area contributed by atoms with Gasteiger partial charge in [-0.3, -0.25) is 4.79 Å². The van der Waals surface area contributed by atoms with Gasteiger partial charge < -0.3 is 9.97 Å². The molecule has 0 spiro atoms. The number of aromatic nitrogens is 4. The fourth-order valence-corrected chi connectivity index (χ4v) is 4.59. The Balaban J connectivity index is 1.70. The first-order valence-corrected chi connectivity index (χ1v) is 9.34. The van der Waals surface area contributed by atoms with Gasteiger partial charge in [-0.05, 0) is 38.5 Å². The van der Waals surface area contributed by atoms with Crippen LogP contribution in [0.3, 0.4) is 0 Å². The Hall–Kier alpha value is -2.12. The predicted octanol–water partition coefficient (Wildman–Crippen LogP) is 4.33. The molecule has 0 saturated carbocycles. The van der Waals surface area contributed by atoms with Crippen LogP contribution in [0.5, 0.6) is 0 Å². The Morgan fingerprint density at radius 2 is 1.96 bits per heavy atom. The molecule has 0 aliphatic carbocycles. The number of thioether (sulfide) groups is 1. The Morgan fingerprint density at radius 1 is 1.17 bits per heavy atom. The highest BCUT2D eigenvalue weighted by Crippen LogP contribution is 2.33. The molecule has 0 aliphatic rings. The maximum Gasteiger partial charge on any atom is 0.259 e. The summed E-state index contributed by atoms with van der Waals surface area (Å²) in [5.74, 6) is 0.680. The molecule has 3 heterocycles. The molecule has 0 unspecified atom stereocenters. The molecule has 2 N–H and O–H groups in total. The minimum atomic E-state index is -0.0612. The number of nitrogens with one attached hydrogen (secondary N) is 2. The van der Waals surface area contributed by atoms with Gasteiger partial charge in [-0.15, -0.1) is 11.3 Å². The zero-order valence-corrected chi connectivity index (χ0v) is 15.1. The lowest BCUT2D eigenvalue weighted by Crippen LogP contribution is -2.12. The molecular weight excluding hydrogens is 340 g/mol. The summed E-state index contributed by atoms with van der Waals surface area (Å²) < 4.78 is 0. The molecule has 0 fully saturated rings. The van der Waals surface area contributed by atoms with E-state index in [4.69, 9.17) is 0 Å². The molecule has 5 nitrogen and oxygen atoms in total. The Kier molecular flexibility index (Phi) is 3.69. The van der Waals surface area contributed by atoms with Crippen molar-refractivity contribution < 1.29 is 0 Å². The van der Waals surface area contributed by atoms with Gasteiger partial charge >= 0.3 is 0 Å². The highest BCUT2D eigenvalue weighted by Gasteiger charge is 2.17. The lowest BCUT2D eigenvalue weighted by Gasteiger charge is -2.08. The number of imidazole rings is 1. The molecular formula is C17H16N4OS2. The van der Waals surface area contributed by atoms with Crippen molar-refractivity contribution in [2.45, 2.75) is 31.2 Å². The van der Waals surface area contributed by atoms with Crippen molar-refractivity contribution in [3.8, 4) is 0 Å². The van der Waals surface area contributed by atoms with Crippen LogP contribution < -0.4 is 5.56 Å². The van der Waals surface area contributed by atoms with E-state index < -0.39 is 0 Å². The van der Waals surface area contributed by atoms with E-state index in [9.17, 15) is 4.79 Å². The van der Waals surface area contributed by atoms with Gasteiger partial charge in [0.05, 0.1) is 21.7 Å². The minimum absolute atomic E-state index is 0.00891.